The third kappa shape index (κ3) is 6.30. The molecule has 2 heterocycles. The molecule has 0 radical (unpaired) electrons. The van der Waals surface area contributed by atoms with Crippen LogP contribution < -0.4 is 0 Å². The maximum absolute atomic E-state index is 10.2. The fourth-order valence-corrected chi connectivity index (χ4v) is 5.12. The quantitative estimate of drug-likeness (QED) is 0.270. The van der Waals surface area contributed by atoms with Gasteiger partial charge in [-0.05, 0) is 92.7 Å². The first-order valence-corrected chi connectivity index (χ1v) is 15.8. The van der Waals surface area contributed by atoms with E-state index in [0.717, 1.165) is 12.8 Å². The summed E-state index contributed by atoms with van der Waals surface area (Å²) in [7, 11) is -2.71. The van der Waals surface area contributed by atoms with Crippen LogP contribution in [0.25, 0.3) is 0 Å². The zero-order valence-corrected chi connectivity index (χ0v) is 25.1. The van der Waals surface area contributed by atoms with Gasteiger partial charge in [0.2, 0.25) is 0 Å². The van der Waals surface area contributed by atoms with Gasteiger partial charge in [0.05, 0.1) is 28.5 Å². The van der Waals surface area contributed by atoms with Gasteiger partial charge in [-0.3, -0.25) is 0 Å². The zero-order valence-electron chi connectivity index (χ0n) is 24.1. The van der Waals surface area contributed by atoms with Gasteiger partial charge in [0.15, 0.2) is 8.32 Å². The van der Waals surface area contributed by atoms with Gasteiger partial charge in [0, 0.05) is 18.3 Å². The lowest BCUT2D eigenvalue weighted by Crippen LogP contribution is -2.41. The molecule has 0 N–H and O–H groups in total. The van der Waals surface area contributed by atoms with Crippen molar-refractivity contribution in [2.45, 2.75) is 142 Å². The number of hydrogen-bond acceptors (Lipinski definition) is 6. The summed E-state index contributed by atoms with van der Waals surface area (Å²) in [5.74, 6) is -0.426. The molecule has 0 aromatic rings. The zero-order chi connectivity index (χ0) is 26.4. The van der Waals surface area contributed by atoms with Crippen LogP contribution in [0.1, 0.15) is 89.0 Å². The summed E-state index contributed by atoms with van der Waals surface area (Å²) in [6.45, 7) is 28.3. The minimum absolute atomic E-state index is 0.170. The van der Waals surface area contributed by atoms with Crippen LogP contribution in [0.4, 0.5) is 0 Å². The van der Waals surface area contributed by atoms with Gasteiger partial charge in [0.25, 0.3) is 0 Å². The van der Waals surface area contributed by atoms with Gasteiger partial charge in [-0.15, -0.1) is 0 Å². The predicted octanol–water partition coefficient (Wildman–Crippen LogP) is 6.48. The molecule has 2 unspecified atom stereocenters. The molecule has 194 valence electrons. The minimum Gasteiger partial charge on any atom is -0.417 e. The lowest BCUT2D eigenvalue weighted by molar-refractivity contribution is 0.00578. The van der Waals surface area contributed by atoms with Crippen molar-refractivity contribution in [3.8, 4) is 6.07 Å². The highest BCUT2D eigenvalue weighted by Gasteiger charge is 2.58. The van der Waals surface area contributed by atoms with Crippen LogP contribution in [0.2, 0.25) is 30.3 Å². The van der Waals surface area contributed by atoms with Gasteiger partial charge < -0.3 is 23.0 Å². The predicted molar refractivity (Wildman–Crippen MR) is 142 cm³/mol. The van der Waals surface area contributed by atoms with Crippen molar-refractivity contribution < 1.29 is 23.0 Å². The van der Waals surface area contributed by atoms with E-state index in [9.17, 15) is 5.26 Å². The Kier molecular flexibility index (Phi) is 8.64. The molecule has 2 rings (SSSR count). The van der Waals surface area contributed by atoms with Crippen LogP contribution in [0, 0.1) is 17.2 Å². The van der Waals surface area contributed by atoms with E-state index in [0.29, 0.717) is 12.9 Å². The van der Waals surface area contributed by atoms with Gasteiger partial charge in [-0.1, -0.05) is 20.8 Å². The van der Waals surface area contributed by atoms with Crippen LogP contribution >= 0.6 is 0 Å². The molecular formula is C25H49B2NO5Si. The van der Waals surface area contributed by atoms with Gasteiger partial charge in [0.1, 0.15) is 0 Å². The third-order valence-electron chi connectivity index (χ3n) is 9.00. The number of nitriles is 1. The molecule has 2 aliphatic heterocycles. The maximum Gasteiger partial charge on any atom is 0.461 e. The highest BCUT2D eigenvalue weighted by Crippen LogP contribution is 2.47. The molecule has 34 heavy (non-hydrogen) atoms. The Morgan fingerprint density at radius 3 is 1.71 bits per heavy atom. The maximum atomic E-state index is 10.2. The third-order valence-corrected chi connectivity index (χ3v) is 13.5. The standard InChI is InChI=1S/C25H49B2NO5Si/c1-21(2,3)34(12,13)29-16-14-15-19(18-28)20(27-32-24(8,9)25(10,11)33-27)17-26-30-22(4,5)23(6,7)31-26/h19-20H,14-17H2,1-13H3. The average molecular weight is 493 g/mol. The fourth-order valence-electron chi connectivity index (χ4n) is 4.03. The van der Waals surface area contributed by atoms with E-state index in [1.165, 1.54) is 0 Å². The summed E-state index contributed by atoms with van der Waals surface area (Å²) in [6, 6.07) is 2.56. The molecule has 2 atom stereocenters. The Hall–Kier alpha value is -0.363. The molecular weight excluding hydrogens is 444 g/mol. The highest BCUT2D eigenvalue weighted by atomic mass is 28.4. The molecule has 0 spiro atoms. The van der Waals surface area contributed by atoms with Gasteiger partial charge in [-0.25, -0.2) is 0 Å². The van der Waals surface area contributed by atoms with Crippen LogP contribution in [0.5, 0.6) is 0 Å². The number of nitrogens with zero attached hydrogens (tertiary/aromatic N) is 1. The van der Waals surface area contributed by atoms with E-state index in [2.05, 4.69) is 67.6 Å². The topological polar surface area (TPSA) is 69.9 Å². The van der Waals surface area contributed by atoms with Crippen molar-refractivity contribution in [1.82, 2.24) is 0 Å². The summed E-state index contributed by atoms with van der Waals surface area (Å²) in [5, 5.41) is 10.4. The summed E-state index contributed by atoms with van der Waals surface area (Å²) >= 11 is 0. The molecule has 2 saturated heterocycles. The lowest BCUT2D eigenvalue weighted by atomic mass is 9.56. The molecule has 2 aliphatic rings. The van der Waals surface area contributed by atoms with Crippen LogP contribution in [0.3, 0.4) is 0 Å². The van der Waals surface area contributed by atoms with Crippen LogP contribution in [-0.2, 0) is 23.0 Å². The van der Waals surface area contributed by atoms with Gasteiger partial charge >= 0.3 is 14.2 Å². The van der Waals surface area contributed by atoms with Crippen LogP contribution in [-0.4, -0.2) is 51.6 Å². The number of hydrogen-bond donors (Lipinski definition) is 0. The monoisotopic (exact) mass is 493 g/mol. The summed E-state index contributed by atoms with van der Waals surface area (Å²) in [5.41, 5.74) is -1.76. The van der Waals surface area contributed by atoms with Crippen molar-refractivity contribution in [3.05, 3.63) is 0 Å². The number of rotatable bonds is 9. The first kappa shape index (κ1) is 29.9. The van der Waals surface area contributed by atoms with Crippen molar-refractivity contribution in [2.24, 2.45) is 5.92 Å². The van der Waals surface area contributed by atoms with Crippen molar-refractivity contribution in [1.29, 1.82) is 5.26 Å². The summed E-state index contributed by atoms with van der Waals surface area (Å²) < 4.78 is 31.8. The lowest BCUT2D eigenvalue weighted by Gasteiger charge is -2.36. The van der Waals surface area contributed by atoms with Gasteiger partial charge in [-0.2, -0.15) is 5.26 Å². The van der Waals surface area contributed by atoms with E-state index in [1.54, 1.807) is 0 Å². The molecule has 9 heteroatoms. The first-order chi connectivity index (χ1) is 15.2. The largest absolute Gasteiger partial charge is 0.461 e. The molecule has 6 nitrogen and oxygen atoms in total. The van der Waals surface area contributed by atoms with Crippen molar-refractivity contribution in [3.63, 3.8) is 0 Å². The Morgan fingerprint density at radius 2 is 1.29 bits per heavy atom. The second-order valence-electron chi connectivity index (χ2n) is 13.7. The molecule has 2 fully saturated rings. The van der Waals surface area contributed by atoms with Crippen molar-refractivity contribution in [2.75, 3.05) is 6.61 Å². The highest BCUT2D eigenvalue weighted by molar-refractivity contribution is 6.74. The fraction of sp³-hybridized carbons (Fsp3) is 0.960. The first-order valence-electron chi connectivity index (χ1n) is 12.9. The van der Waals surface area contributed by atoms with Crippen molar-refractivity contribution >= 4 is 22.6 Å². The van der Waals surface area contributed by atoms with E-state index >= 15 is 0 Å². The molecule has 0 saturated carbocycles. The Bertz CT molecular complexity index is 725. The van der Waals surface area contributed by atoms with E-state index in [1.807, 2.05) is 27.7 Å². The Balaban J connectivity index is 2.16. The second kappa shape index (κ2) is 9.83. The summed E-state index contributed by atoms with van der Waals surface area (Å²) in [6.07, 6.45) is 2.09. The van der Waals surface area contributed by atoms with E-state index in [4.69, 9.17) is 23.0 Å². The molecule has 0 bridgehead atoms. The Labute approximate surface area is 211 Å². The Morgan fingerprint density at radius 1 is 0.853 bits per heavy atom. The molecule has 0 aromatic carbocycles. The normalized spacial score (nSPS) is 25.3. The average Bonchev–Trinajstić information content (AvgIpc) is 2.98. The molecule has 0 aromatic heterocycles. The van der Waals surface area contributed by atoms with E-state index in [-0.39, 0.29) is 16.8 Å². The second-order valence-corrected chi connectivity index (χ2v) is 18.5. The smallest absolute Gasteiger partial charge is 0.417 e. The summed E-state index contributed by atoms with van der Waals surface area (Å²) in [4.78, 5) is 0. The van der Waals surface area contributed by atoms with E-state index < -0.39 is 45.0 Å². The molecule has 0 amide bonds. The molecule has 0 aliphatic carbocycles. The minimum atomic E-state index is -1.81. The SMILES string of the molecule is CC1(C)OB(CC(B2OC(C)(C)C(C)(C)O2)C(C#N)CCCO[Si](C)(C)C(C)(C)C)OC1(C)C. The van der Waals surface area contributed by atoms with Crippen LogP contribution in [0.15, 0.2) is 0 Å².